The number of sulfone groups is 1. The number of pyridine rings is 1. The molecule has 2 rings (SSSR count). The molecule has 98 valence electrons. The Balaban J connectivity index is 2.05. The van der Waals surface area contributed by atoms with Gasteiger partial charge in [0, 0.05) is 25.2 Å². The Labute approximate surface area is 107 Å². The molecule has 1 aliphatic carbocycles. The molecule has 1 saturated carbocycles. The summed E-state index contributed by atoms with van der Waals surface area (Å²) < 4.78 is 21.9. The molecule has 1 heterocycles. The Kier molecular flexibility index (Phi) is 3.14. The molecular formula is C12H16N2O3S. The summed E-state index contributed by atoms with van der Waals surface area (Å²) in [4.78, 5) is 15.9. The summed E-state index contributed by atoms with van der Waals surface area (Å²) >= 11 is 0. The maximum atomic E-state index is 11.9. The quantitative estimate of drug-likeness (QED) is 0.867. The third-order valence-corrected chi connectivity index (χ3v) is 5.43. The number of aryl methyl sites for hydroxylation is 1. The van der Waals surface area contributed by atoms with Gasteiger partial charge in [-0.15, -0.1) is 0 Å². The SMILES string of the molecule is Cc1ccncc1CNC(=O)C1(S(C)(=O)=O)CC1. The van der Waals surface area contributed by atoms with Gasteiger partial charge >= 0.3 is 0 Å². The van der Waals surface area contributed by atoms with Crippen molar-refractivity contribution in [2.75, 3.05) is 6.26 Å². The van der Waals surface area contributed by atoms with E-state index in [4.69, 9.17) is 0 Å². The molecule has 0 atom stereocenters. The van der Waals surface area contributed by atoms with Gasteiger partial charge in [-0.2, -0.15) is 0 Å². The number of hydrogen-bond acceptors (Lipinski definition) is 4. The van der Waals surface area contributed by atoms with Crippen LogP contribution in [0.3, 0.4) is 0 Å². The zero-order chi connectivity index (χ0) is 13.4. The van der Waals surface area contributed by atoms with Crippen LogP contribution >= 0.6 is 0 Å². The summed E-state index contributed by atoms with van der Waals surface area (Å²) in [5.74, 6) is -0.395. The van der Waals surface area contributed by atoms with Gasteiger partial charge in [0.15, 0.2) is 14.6 Å². The van der Waals surface area contributed by atoms with Gasteiger partial charge in [-0.1, -0.05) is 0 Å². The monoisotopic (exact) mass is 268 g/mol. The van der Waals surface area contributed by atoms with E-state index in [1.807, 2.05) is 13.0 Å². The number of hydrogen-bond donors (Lipinski definition) is 1. The summed E-state index contributed by atoms with van der Waals surface area (Å²) in [6.07, 6.45) is 5.32. The van der Waals surface area contributed by atoms with Crippen molar-refractivity contribution in [1.82, 2.24) is 10.3 Å². The van der Waals surface area contributed by atoms with E-state index in [0.717, 1.165) is 17.4 Å². The van der Waals surface area contributed by atoms with Crippen LogP contribution in [0.5, 0.6) is 0 Å². The van der Waals surface area contributed by atoms with Crippen LogP contribution in [0, 0.1) is 6.92 Å². The van der Waals surface area contributed by atoms with Gasteiger partial charge in [0.2, 0.25) is 5.91 Å². The van der Waals surface area contributed by atoms with Crippen molar-refractivity contribution in [3.63, 3.8) is 0 Å². The first-order valence-corrected chi connectivity index (χ1v) is 7.63. The van der Waals surface area contributed by atoms with Gasteiger partial charge < -0.3 is 5.32 Å². The number of nitrogens with one attached hydrogen (secondary N) is 1. The molecule has 1 amide bonds. The smallest absolute Gasteiger partial charge is 0.241 e. The molecule has 1 aromatic heterocycles. The lowest BCUT2D eigenvalue weighted by Gasteiger charge is -2.13. The van der Waals surface area contributed by atoms with Crippen LogP contribution < -0.4 is 5.32 Å². The Bertz CT molecular complexity index is 577. The normalized spacial score (nSPS) is 17.2. The maximum absolute atomic E-state index is 11.9. The van der Waals surface area contributed by atoms with E-state index < -0.39 is 20.5 Å². The minimum atomic E-state index is -3.33. The van der Waals surface area contributed by atoms with E-state index in [2.05, 4.69) is 10.3 Å². The van der Waals surface area contributed by atoms with Gasteiger partial charge in [-0.3, -0.25) is 9.78 Å². The van der Waals surface area contributed by atoms with Crippen molar-refractivity contribution in [3.8, 4) is 0 Å². The van der Waals surface area contributed by atoms with E-state index in [1.165, 1.54) is 0 Å². The molecule has 0 saturated heterocycles. The second-order valence-corrected chi connectivity index (χ2v) is 7.08. The number of rotatable bonds is 4. The first-order chi connectivity index (χ1) is 8.37. The van der Waals surface area contributed by atoms with Crippen LogP contribution in [0.2, 0.25) is 0 Å². The van der Waals surface area contributed by atoms with E-state index in [0.29, 0.717) is 19.4 Å². The van der Waals surface area contributed by atoms with Crippen LogP contribution in [0.4, 0.5) is 0 Å². The van der Waals surface area contributed by atoms with Gasteiger partial charge in [0.25, 0.3) is 0 Å². The Morgan fingerprint density at radius 1 is 1.50 bits per heavy atom. The highest BCUT2D eigenvalue weighted by molar-refractivity contribution is 7.93. The maximum Gasteiger partial charge on any atom is 0.241 e. The number of aromatic nitrogens is 1. The van der Waals surface area contributed by atoms with Gasteiger partial charge in [0.05, 0.1) is 0 Å². The molecule has 1 N–H and O–H groups in total. The summed E-state index contributed by atoms with van der Waals surface area (Å²) in [5, 5.41) is 2.69. The van der Waals surface area contributed by atoms with Crippen LogP contribution in [0.25, 0.3) is 0 Å². The van der Waals surface area contributed by atoms with E-state index in [-0.39, 0.29) is 0 Å². The number of amides is 1. The summed E-state index contributed by atoms with van der Waals surface area (Å²) in [7, 11) is -3.33. The molecule has 0 radical (unpaired) electrons. The van der Waals surface area contributed by atoms with Crippen LogP contribution in [0.1, 0.15) is 24.0 Å². The third kappa shape index (κ3) is 2.25. The van der Waals surface area contributed by atoms with Crippen molar-refractivity contribution in [3.05, 3.63) is 29.6 Å². The van der Waals surface area contributed by atoms with Crippen molar-refractivity contribution in [1.29, 1.82) is 0 Å². The summed E-state index contributed by atoms with van der Waals surface area (Å²) in [6.45, 7) is 2.24. The number of nitrogens with zero attached hydrogens (tertiary/aromatic N) is 1. The fraction of sp³-hybridized carbons (Fsp3) is 0.500. The fourth-order valence-electron chi connectivity index (χ4n) is 1.90. The molecule has 5 nitrogen and oxygen atoms in total. The first-order valence-electron chi connectivity index (χ1n) is 5.74. The number of carbonyl (C=O) groups excluding carboxylic acids is 1. The topological polar surface area (TPSA) is 76.1 Å². The lowest BCUT2D eigenvalue weighted by Crippen LogP contribution is -2.41. The zero-order valence-electron chi connectivity index (χ0n) is 10.4. The highest BCUT2D eigenvalue weighted by Crippen LogP contribution is 2.43. The van der Waals surface area contributed by atoms with Gasteiger partial charge in [-0.25, -0.2) is 8.42 Å². The average molecular weight is 268 g/mol. The van der Waals surface area contributed by atoms with Crippen molar-refractivity contribution >= 4 is 15.7 Å². The average Bonchev–Trinajstić information content (AvgIpc) is 3.07. The van der Waals surface area contributed by atoms with Crippen molar-refractivity contribution in [2.24, 2.45) is 0 Å². The molecule has 18 heavy (non-hydrogen) atoms. The van der Waals surface area contributed by atoms with E-state index >= 15 is 0 Å². The molecule has 1 fully saturated rings. The third-order valence-electron chi connectivity index (χ3n) is 3.41. The zero-order valence-corrected chi connectivity index (χ0v) is 11.3. The molecular weight excluding hydrogens is 252 g/mol. The molecule has 1 aliphatic rings. The Hall–Kier alpha value is -1.43. The van der Waals surface area contributed by atoms with Gasteiger partial charge in [0.1, 0.15) is 0 Å². The van der Waals surface area contributed by atoms with Crippen LogP contribution in [0.15, 0.2) is 18.5 Å². The lowest BCUT2D eigenvalue weighted by molar-refractivity contribution is -0.121. The molecule has 0 aromatic carbocycles. The summed E-state index contributed by atoms with van der Waals surface area (Å²) in [6, 6.07) is 1.85. The van der Waals surface area contributed by atoms with E-state index in [9.17, 15) is 13.2 Å². The predicted octanol–water partition coefficient (Wildman–Crippen LogP) is 0.583. The Morgan fingerprint density at radius 2 is 2.17 bits per heavy atom. The second-order valence-electron chi connectivity index (χ2n) is 4.75. The molecule has 0 bridgehead atoms. The molecule has 0 unspecified atom stereocenters. The Morgan fingerprint density at radius 3 is 2.67 bits per heavy atom. The lowest BCUT2D eigenvalue weighted by atomic mass is 10.1. The summed E-state index contributed by atoms with van der Waals surface area (Å²) in [5.41, 5.74) is 1.92. The van der Waals surface area contributed by atoms with Crippen molar-refractivity contribution < 1.29 is 13.2 Å². The second kappa shape index (κ2) is 4.35. The minimum absolute atomic E-state index is 0.315. The first kappa shape index (κ1) is 13.0. The van der Waals surface area contributed by atoms with E-state index in [1.54, 1.807) is 12.4 Å². The molecule has 1 aromatic rings. The molecule has 0 spiro atoms. The molecule has 6 heteroatoms. The standard InChI is InChI=1S/C12H16N2O3S/c1-9-3-6-13-7-10(9)8-14-11(15)12(4-5-12)18(2,16)17/h3,6-7H,4-5,8H2,1-2H3,(H,14,15). The fourth-order valence-corrected chi connectivity index (χ4v) is 3.15. The predicted molar refractivity (Wildman–Crippen MR) is 67.6 cm³/mol. The largest absolute Gasteiger partial charge is 0.351 e. The molecule has 0 aliphatic heterocycles. The van der Waals surface area contributed by atoms with Gasteiger partial charge in [-0.05, 0) is 37.0 Å². The minimum Gasteiger partial charge on any atom is -0.351 e. The van der Waals surface area contributed by atoms with Crippen LogP contribution in [-0.2, 0) is 21.2 Å². The van der Waals surface area contributed by atoms with Crippen LogP contribution in [-0.4, -0.2) is 30.3 Å². The highest BCUT2D eigenvalue weighted by atomic mass is 32.2. The van der Waals surface area contributed by atoms with Crippen molar-refractivity contribution in [2.45, 2.75) is 31.1 Å². The highest BCUT2D eigenvalue weighted by Gasteiger charge is 2.58. The number of carbonyl (C=O) groups is 1.